The fourth-order valence-corrected chi connectivity index (χ4v) is 14.6. The van der Waals surface area contributed by atoms with Crippen LogP contribution in [0.15, 0.2) is 23.3 Å². The molecule has 19 heteroatoms. The molecule has 4 aliphatic heterocycles. The third-order valence-electron chi connectivity index (χ3n) is 19.6. The van der Waals surface area contributed by atoms with Gasteiger partial charge in [0.2, 0.25) is 0 Å². The predicted molar refractivity (Wildman–Crippen MR) is 269 cm³/mol. The minimum absolute atomic E-state index is 0.0344. The summed E-state index contributed by atoms with van der Waals surface area (Å²) in [6, 6.07) is 0. The van der Waals surface area contributed by atoms with Crippen LogP contribution in [0.1, 0.15) is 140 Å². The lowest BCUT2D eigenvalue weighted by Gasteiger charge is -2.67. The van der Waals surface area contributed by atoms with Gasteiger partial charge in [-0.15, -0.1) is 0 Å². The van der Waals surface area contributed by atoms with Gasteiger partial charge in [0.1, 0.15) is 47.3 Å². The van der Waals surface area contributed by atoms with Crippen molar-refractivity contribution in [3.05, 3.63) is 23.3 Å². The van der Waals surface area contributed by atoms with Crippen LogP contribution in [0, 0.1) is 22.7 Å². The molecule has 4 saturated heterocycles. The van der Waals surface area contributed by atoms with Crippen molar-refractivity contribution in [1.29, 1.82) is 0 Å². The smallest absolute Gasteiger partial charge is 0.330 e. The zero-order chi connectivity index (χ0) is 54.7. The Morgan fingerprint density at radius 3 is 1.60 bits per heavy atom. The molecule has 0 bridgehead atoms. The number of esters is 1. The molecule has 8 rings (SSSR count). The van der Waals surface area contributed by atoms with Gasteiger partial charge in [0.25, 0.3) is 0 Å². The number of aliphatic hydroxyl groups is 4. The molecule has 0 aromatic heterocycles. The number of Topliss-reactive ketones (excluding diaryl/α,β-unsaturated/α-hetero) is 1. The second-order valence-electron chi connectivity index (χ2n) is 23.9. The summed E-state index contributed by atoms with van der Waals surface area (Å²) in [5.74, 6) is -1.61. The van der Waals surface area contributed by atoms with Crippen molar-refractivity contribution in [1.82, 2.24) is 0 Å². The Morgan fingerprint density at radius 2 is 1.13 bits per heavy atom. The van der Waals surface area contributed by atoms with Crippen molar-refractivity contribution in [2.24, 2.45) is 22.7 Å². The van der Waals surface area contributed by atoms with Gasteiger partial charge in [-0.2, -0.15) is 0 Å². The van der Waals surface area contributed by atoms with E-state index >= 15 is 0 Å². The molecule has 0 spiro atoms. The van der Waals surface area contributed by atoms with E-state index in [-0.39, 0.29) is 43.8 Å². The van der Waals surface area contributed by atoms with E-state index in [2.05, 4.69) is 6.92 Å². The summed E-state index contributed by atoms with van der Waals surface area (Å²) < 4.78 is 81.6. The average Bonchev–Trinajstić information content (AvgIpc) is 3.59. The number of carbonyl (C=O) groups is 2. The molecule has 8 aliphatic rings. The standard InChI is InChI=1S/C56H90O19/c1-28(2)29(3)21-43(58)72-42-27-41-52(9)17-16-36(22-35(52)15-18-55(41,61)56(62)20-19-54(60,34(8)57)53(42,56)10)71-44-24-38(64-12)49(31(5)68-44)74-46-26-40(66-14)51(33(7)70-46)75-47-25-39(65-13)50(32(6)69-47)73-45-23-37(63-11)48(59)30(4)67-45/h15,21,28,30-33,36-42,44-51,59-62H,16-20,22-27H2,1-14H3/t30-,31-,32-,33-,36+,37+,38+,39-,40+,41-,42-,44+,45+,46+,47+,48-,49-,50-,51-,52+,53-,54-,55+,56-/m1/s1. The first-order valence-electron chi connectivity index (χ1n) is 27.6. The maximum atomic E-state index is 13.6. The highest BCUT2D eigenvalue weighted by atomic mass is 16.8. The molecule has 0 aromatic carbocycles. The molecule has 7 fully saturated rings. The zero-order valence-corrected chi connectivity index (χ0v) is 46.9. The number of fused-ring (bicyclic) bond motifs is 5. The van der Waals surface area contributed by atoms with Gasteiger partial charge < -0.3 is 82.0 Å². The highest BCUT2D eigenvalue weighted by molar-refractivity contribution is 5.87. The van der Waals surface area contributed by atoms with Gasteiger partial charge in [0.05, 0.1) is 60.4 Å². The Kier molecular flexibility index (Phi) is 18.0. The Labute approximate surface area is 443 Å². The molecule has 4 heterocycles. The molecule has 24 atom stereocenters. The fraction of sp³-hybridized carbons (Fsp3) is 0.893. The van der Waals surface area contributed by atoms with Crippen LogP contribution in [0.2, 0.25) is 0 Å². The van der Waals surface area contributed by atoms with E-state index in [9.17, 15) is 30.0 Å². The Hall–Kier alpha value is -2.02. The molecule has 4 aliphatic carbocycles. The van der Waals surface area contributed by atoms with E-state index in [1.165, 1.54) is 13.0 Å². The van der Waals surface area contributed by atoms with Crippen molar-refractivity contribution >= 4 is 11.8 Å². The predicted octanol–water partition coefficient (Wildman–Crippen LogP) is 5.12. The van der Waals surface area contributed by atoms with Gasteiger partial charge in [0, 0.05) is 66.1 Å². The van der Waals surface area contributed by atoms with Crippen LogP contribution in [-0.2, 0) is 71.2 Å². The lowest BCUT2D eigenvalue weighted by atomic mass is 9.42. The summed E-state index contributed by atoms with van der Waals surface area (Å²) in [5.41, 5.74) is -6.10. The van der Waals surface area contributed by atoms with Gasteiger partial charge in [-0.25, -0.2) is 4.79 Å². The number of rotatable bonds is 16. The molecule has 428 valence electrons. The second-order valence-corrected chi connectivity index (χ2v) is 23.9. The van der Waals surface area contributed by atoms with Crippen molar-refractivity contribution in [3.63, 3.8) is 0 Å². The van der Waals surface area contributed by atoms with Gasteiger partial charge in [0.15, 0.2) is 30.9 Å². The third-order valence-corrected chi connectivity index (χ3v) is 19.6. The molecule has 4 N–H and O–H groups in total. The summed E-state index contributed by atoms with van der Waals surface area (Å²) in [7, 11) is 6.49. The first-order valence-corrected chi connectivity index (χ1v) is 27.6. The molecule has 0 radical (unpaired) electrons. The van der Waals surface area contributed by atoms with E-state index in [1.807, 2.05) is 47.6 Å². The summed E-state index contributed by atoms with van der Waals surface area (Å²) in [4.78, 5) is 26.9. The molecule has 0 unspecified atom stereocenters. The highest BCUT2D eigenvalue weighted by Gasteiger charge is 2.81. The number of hydrogen-bond acceptors (Lipinski definition) is 19. The first-order chi connectivity index (χ1) is 35.3. The van der Waals surface area contributed by atoms with Crippen molar-refractivity contribution in [2.75, 3.05) is 28.4 Å². The van der Waals surface area contributed by atoms with Gasteiger partial charge in [-0.1, -0.05) is 38.0 Å². The van der Waals surface area contributed by atoms with Crippen LogP contribution in [0.4, 0.5) is 0 Å². The Morgan fingerprint density at radius 1 is 0.667 bits per heavy atom. The van der Waals surface area contributed by atoms with Gasteiger partial charge in [-0.3, -0.25) is 4.79 Å². The normalized spacial score (nSPS) is 49.3. The number of methoxy groups -OCH3 is 4. The fourth-order valence-electron chi connectivity index (χ4n) is 14.6. The lowest BCUT2D eigenvalue weighted by molar-refractivity contribution is -0.347. The molecule has 19 nitrogen and oxygen atoms in total. The molecular formula is C56H90O19. The number of allylic oxidation sites excluding steroid dienone is 1. The second kappa shape index (κ2) is 22.8. The summed E-state index contributed by atoms with van der Waals surface area (Å²) in [5, 5.41) is 48.5. The maximum absolute atomic E-state index is 13.6. The topological polar surface area (TPSA) is 235 Å². The van der Waals surface area contributed by atoms with E-state index in [1.54, 1.807) is 42.3 Å². The third kappa shape index (κ3) is 10.6. The quantitative estimate of drug-likeness (QED) is 0.0892. The molecule has 3 saturated carbocycles. The number of hydrogen-bond donors (Lipinski definition) is 4. The van der Waals surface area contributed by atoms with E-state index in [0.717, 1.165) is 11.1 Å². The monoisotopic (exact) mass is 1070 g/mol. The van der Waals surface area contributed by atoms with Crippen LogP contribution >= 0.6 is 0 Å². The van der Waals surface area contributed by atoms with E-state index in [0.29, 0.717) is 44.9 Å². The van der Waals surface area contributed by atoms with Crippen LogP contribution in [0.25, 0.3) is 0 Å². The highest BCUT2D eigenvalue weighted by Crippen LogP contribution is 2.71. The SMILES string of the molecule is CO[C@H]1C[C@H](O[C@@H]2[C@@H](C)O[C@@H](O[C@H]3[C@@H](OC)C[C@H](O[C@H]4[C@@H](OC)C[C@H](O[C@H]5CC[C@@]6(C)C(=CC[C@]7(O)[C@@H]6C[C@@H](OC(=O)C=C(C)C(C)C)[C@@]6(C)[C@]7(O)CC[C@@]6(O)C(C)=O)C5)O[C@@H]4C)O[C@@H]3C)C[C@H]2OC)O[C@H](C)[C@H]1O. The summed E-state index contributed by atoms with van der Waals surface area (Å²) in [6.45, 7) is 18.4. The minimum atomic E-state index is -2.02. The average molecular weight is 1070 g/mol. The molecule has 75 heavy (non-hydrogen) atoms. The summed E-state index contributed by atoms with van der Waals surface area (Å²) in [6.07, 6.45) is -2.49. The van der Waals surface area contributed by atoms with Crippen molar-refractivity contribution < 1.29 is 91.6 Å². The minimum Gasteiger partial charge on any atom is -0.458 e. The largest absolute Gasteiger partial charge is 0.458 e. The van der Waals surface area contributed by atoms with Crippen molar-refractivity contribution in [3.8, 4) is 0 Å². The molecular weight excluding hydrogens is 977 g/mol. The Bertz CT molecular complexity index is 2070. The molecule has 0 aromatic rings. The summed E-state index contributed by atoms with van der Waals surface area (Å²) >= 11 is 0. The number of ether oxygens (including phenoxy) is 13. The van der Waals surface area contributed by atoms with Crippen LogP contribution in [0.5, 0.6) is 0 Å². The van der Waals surface area contributed by atoms with Gasteiger partial charge in [-0.05, 0) is 105 Å². The number of aliphatic hydroxyl groups excluding tert-OH is 1. The Balaban J connectivity index is 0.877. The maximum Gasteiger partial charge on any atom is 0.330 e. The van der Waals surface area contributed by atoms with Crippen LogP contribution < -0.4 is 0 Å². The number of carbonyl (C=O) groups excluding carboxylic acids is 2. The van der Waals surface area contributed by atoms with Crippen LogP contribution in [0.3, 0.4) is 0 Å². The van der Waals surface area contributed by atoms with E-state index in [4.69, 9.17) is 61.6 Å². The number of ketones is 1. The zero-order valence-electron chi connectivity index (χ0n) is 46.9. The van der Waals surface area contributed by atoms with E-state index < -0.39 is 144 Å². The molecule has 0 amide bonds. The lowest BCUT2D eigenvalue weighted by Crippen LogP contribution is -2.78. The van der Waals surface area contributed by atoms with Crippen LogP contribution in [-0.4, -0.2) is 188 Å². The first kappa shape index (κ1) is 59.1. The van der Waals surface area contributed by atoms with Gasteiger partial charge >= 0.3 is 5.97 Å². The van der Waals surface area contributed by atoms with Crippen molar-refractivity contribution in [2.45, 2.75) is 267 Å².